The van der Waals surface area contributed by atoms with E-state index in [2.05, 4.69) is 5.32 Å². The number of oxazole rings is 1. The fourth-order valence-corrected chi connectivity index (χ4v) is 2.87. The molecule has 1 N–H and O–H groups in total. The molecule has 1 amide bonds. The number of carbonyl (C=O) groups is 1. The molecule has 26 heavy (non-hydrogen) atoms. The second-order valence-electron chi connectivity index (χ2n) is 6.05. The van der Waals surface area contributed by atoms with Crippen LogP contribution in [0.5, 0.6) is 0 Å². The molecule has 0 fully saturated rings. The molecule has 0 radical (unpaired) electrons. The van der Waals surface area contributed by atoms with Gasteiger partial charge in [0, 0.05) is 24.6 Å². The number of hydrogen-bond donors (Lipinski definition) is 1. The molecule has 0 unspecified atom stereocenters. The number of aryl methyl sites for hydroxylation is 1. The maximum Gasteiger partial charge on any atom is 0.419 e. The molecule has 1 heterocycles. The van der Waals surface area contributed by atoms with Gasteiger partial charge >= 0.3 is 5.76 Å². The van der Waals surface area contributed by atoms with E-state index in [1.807, 2.05) is 0 Å². The van der Waals surface area contributed by atoms with E-state index in [1.165, 1.54) is 10.6 Å². The van der Waals surface area contributed by atoms with Crippen molar-refractivity contribution in [3.05, 3.63) is 70.2 Å². The molecule has 0 aliphatic carbocycles. The second-order valence-corrected chi connectivity index (χ2v) is 6.05. The molecule has 0 saturated heterocycles. The van der Waals surface area contributed by atoms with Crippen LogP contribution >= 0.6 is 0 Å². The maximum absolute atomic E-state index is 13.7. The number of rotatable bonds is 6. The second kappa shape index (κ2) is 7.51. The molecule has 136 valence electrons. The quantitative estimate of drug-likeness (QED) is 0.731. The zero-order chi connectivity index (χ0) is 18.7. The highest BCUT2D eigenvalue weighted by atomic mass is 19.1. The molecule has 7 heteroatoms. The summed E-state index contributed by atoms with van der Waals surface area (Å²) in [5, 5.41) is 2.68. The zero-order valence-electron chi connectivity index (χ0n) is 14.2. The molecule has 0 saturated carbocycles. The van der Waals surface area contributed by atoms with Gasteiger partial charge in [0.25, 0.3) is 0 Å². The molecule has 5 nitrogen and oxygen atoms in total. The lowest BCUT2D eigenvalue weighted by Crippen LogP contribution is -2.27. The molecule has 0 spiro atoms. The summed E-state index contributed by atoms with van der Waals surface area (Å²) in [5.74, 6) is -2.10. The van der Waals surface area contributed by atoms with Crippen LogP contribution in [0.3, 0.4) is 0 Å². The lowest BCUT2D eigenvalue weighted by molar-refractivity contribution is -0.121. The van der Waals surface area contributed by atoms with Crippen molar-refractivity contribution in [1.29, 1.82) is 0 Å². The van der Waals surface area contributed by atoms with Crippen molar-refractivity contribution < 1.29 is 18.0 Å². The van der Waals surface area contributed by atoms with Gasteiger partial charge in [-0.2, -0.15) is 0 Å². The summed E-state index contributed by atoms with van der Waals surface area (Å²) in [6.45, 7) is 1.96. The van der Waals surface area contributed by atoms with E-state index in [1.54, 1.807) is 31.2 Å². The highest BCUT2D eigenvalue weighted by Gasteiger charge is 2.15. The van der Waals surface area contributed by atoms with Gasteiger partial charge in [0.15, 0.2) is 5.58 Å². The Morgan fingerprint density at radius 2 is 2.00 bits per heavy atom. The maximum atomic E-state index is 13.7. The molecule has 3 aromatic rings. The van der Waals surface area contributed by atoms with Crippen molar-refractivity contribution in [3.8, 4) is 0 Å². The van der Waals surface area contributed by atoms with E-state index in [0.717, 1.165) is 12.1 Å². The Labute approximate surface area is 148 Å². The van der Waals surface area contributed by atoms with Gasteiger partial charge < -0.3 is 9.73 Å². The van der Waals surface area contributed by atoms with Crippen molar-refractivity contribution in [3.63, 3.8) is 0 Å². The first-order valence-corrected chi connectivity index (χ1v) is 8.28. The third-order valence-electron chi connectivity index (χ3n) is 4.17. The number of amides is 1. The Bertz CT molecular complexity index is 994. The van der Waals surface area contributed by atoms with Gasteiger partial charge in [-0.1, -0.05) is 18.2 Å². The average molecular weight is 360 g/mol. The number of halogens is 2. The minimum atomic E-state index is -0.700. The molecule has 2 aromatic carbocycles. The van der Waals surface area contributed by atoms with Gasteiger partial charge in [-0.25, -0.2) is 13.6 Å². The molecule has 0 aliphatic heterocycles. The van der Waals surface area contributed by atoms with Gasteiger partial charge in [-0.05, 0) is 31.5 Å². The van der Waals surface area contributed by atoms with Gasteiger partial charge in [0.05, 0.1) is 11.6 Å². The van der Waals surface area contributed by atoms with Crippen molar-refractivity contribution in [2.75, 3.05) is 0 Å². The van der Waals surface area contributed by atoms with Crippen LogP contribution in [0.2, 0.25) is 0 Å². The highest BCUT2D eigenvalue weighted by molar-refractivity contribution is 5.76. The van der Waals surface area contributed by atoms with E-state index >= 15 is 0 Å². The number of fused-ring (bicyclic) bond motifs is 1. The van der Waals surface area contributed by atoms with Gasteiger partial charge in [0.2, 0.25) is 5.91 Å². The van der Waals surface area contributed by atoms with Crippen LogP contribution in [0.4, 0.5) is 8.78 Å². The Balaban J connectivity index is 1.57. The topological polar surface area (TPSA) is 64.2 Å². The van der Waals surface area contributed by atoms with E-state index in [9.17, 15) is 18.4 Å². The fourth-order valence-electron chi connectivity index (χ4n) is 2.87. The van der Waals surface area contributed by atoms with Gasteiger partial charge in [0.1, 0.15) is 11.6 Å². The Morgan fingerprint density at radius 3 is 2.77 bits per heavy atom. The highest BCUT2D eigenvalue weighted by Crippen LogP contribution is 2.18. The SMILES string of the molecule is C[C@H](NC(=O)CCCn1c(=O)oc2ccccc21)c1ccc(F)cc1F. The number of nitrogens with zero attached hydrogens (tertiary/aromatic N) is 1. The predicted octanol–water partition coefficient (Wildman–Crippen LogP) is 3.53. The number of aromatic nitrogens is 1. The van der Waals surface area contributed by atoms with Crippen LogP contribution in [0.15, 0.2) is 51.7 Å². The Kier molecular flexibility index (Phi) is 5.16. The van der Waals surface area contributed by atoms with Gasteiger partial charge in [-0.15, -0.1) is 0 Å². The number of carbonyl (C=O) groups excluding carboxylic acids is 1. The van der Waals surface area contributed by atoms with Crippen LogP contribution in [-0.2, 0) is 11.3 Å². The summed E-state index contributed by atoms with van der Waals surface area (Å²) >= 11 is 0. The first-order chi connectivity index (χ1) is 12.5. The lowest BCUT2D eigenvalue weighted by atomic mass is 10.1. The van der Waals surface area contributed by atoms with Crippen LogP contribution in [0, 0.1) is 11.6 Å². The zero-order valence-corrected chi connectivity index (χ0v) is 14.2. The van der Waals surface area contributed by atoms with Crippen LogP contribution in [0.25, 0.3) is 11.1 Å². The van der Waals surface area contributed by atoms with E-state index in [4.69, 9.17) is 4.42 Å². The average Bonchev–Trinajstić information content (AvgIpc) is 2.90. The van der Waals surface area contributed by atoms with E-state index in [0.29, 0.717) is 24.1 Å². The largest absolute Gasteiger partial charge is 0.419 e. The summed E-state index contributed by atoms with van der Waals surface area (Å²) in [5.41, 5.74) is 1.40. The normalized spacial score (nSPS) is 12.3. The van der Waals surface area contributed by atoms with E-state index in [-0.39, 0.29) is 17.9 Å². The third kappa shape index (κ3) is 3.82. The molecule has 1 aromatic heterocycles. The standard InChI is InChI=1S/C19H18F2N2O3/c1-12(14-9-8-13(20)11-15(14)21)22-18(24)7-4-10-23-16-5-2-3-6-17(16)26-19(23)25/h2-3,5-6,8-9,11-12H,4,7,10H2,1H3,(H,22,24)/t12-/m0/s1. The first-order valence-electron chi connectivity index (χ1n) is 8.28. The smallest absolute Gasteiger partial charge is 0.408 e. The van der Waals surface area contributed by atoms with Gasteiger partial charge in [-0.3, -0.25) is 9.36 Å². The van der Waals surface area contributed by atoms with Crippen molar-refractivity contribution in [1.82, 2.24) is 9.88 Å². The molecule has 3 rings (SSSR count). The number of hydrogen-bond acceptors (Lipinski definition) is 3. The fraction of sp³-hybridized carbons (Fsp3) is 0.263. The summed E-state index contributed by atoms with van der Waals surface area (Å²) < 4.78 is 33.3. The number of benzene rings is 2. The van der Waals surface area contributed by atoms with Crippen molar-refractivity contribution in [2.24, 2.45) is 0 Å². The van der Waals surface area contributed by atoms with Crippen LogP contribution in [0.1, 0.15) is 31.4 Å². The predicted molar refractivity (Wildman–Crippen MR) is 92.6 cm³/mol. The van der Waals surface area contributed by atoms with E-state index < -0.39 is 23.4 Å². The monoisotopic (exact) mass is 360 g/mol. The Morgan fingerprint density at radius 1 is 1.23 bits per heavy atom. The third-order valence-corrected chi connectivity index (χ3v) is 4.17. The number of nitrogens with one attached hydrogen (secondary N) is 1. The summed E-state index contributed by atoms with van der Waals surface area (Å²) in [6.07, 6.45) is 0.590. The molecule has 0 aliphatic rings. The van der Waals surface area contributed by atoms with Crippen molar-refractivity contribution in [2.45, 2.75) is 32.4 Å². The number of para-hydroxylation sites is 2. The summed E-state index contributed by atoms with van der Waals surface area (Å²) in [7, 11) is 0. The molecular weight excluding hydrogens is 342 g/mol. The lowest BCUT2D eigenvalue weighted by Gasteiger charge is -2.15. The minimum absolute atomic E-state index is 0.166. The summed E-state index contributed by atoms with van der Waals surface area (Å²) in [6, 6.07) is 9.73. The molecular formula is C19H18F2N2O3. The van der Waals surface area contributed by atoms with Crippen molar-refractivity contribution >= 4 is 17.0 Å². The molecule has 1 atom stereocenters. The van der Waals surface area contributed by atoms with Crippen LogP contribution < -0.4 is 11.1 Å². The molecule has 0 bridgehead atoms. The van der Waals surface area contributed by atoms with Crippen LogP contribution in [-0.4, -0.2) is 10.5 Å². The minimum Gasteiger partial charge on any atom is -0.408 e. The summed E-state index contributed by atoms with van der Waals surface area (Å²) in [4.78, 5) is 23.9. The Hall–Kier alpha value is -2.96. The first kappa shape index (κ1) is 17.8.